The van der Waals surface area contributed by atoms with Crippen molar-refractivity contribution >= 4 is 18.5 Å². The molecule has 1 N–H and O–H groups in total. The Morgan fingerprint density at radius 2 is 1.65 bits per heavy atom. The van der Waals surface area contributed by atoms with E-state index >= 15 is 0 Å². The van der Waals surface area contributed by atoms with Gasteiger partial charge in [0, 0.05) is 11.4 Å². The molecule has 0 radical (unpaired) electrons. The highest BCUT2D eigenvalue weighted by Crippen LogP contribution is 2.10. The molecule has 0 aromatic heterocycles. The summed E-state index contributed by atoms with van der Waals surface area (Å²) in [6.07, 6.45) is 0.234. The Bertz CT molecular complexity index is 614. The Balaban J connectivity index is 1.88. The second kappa shape index (κ2) is 6.52. The van der Waals surface area contributed by atoms with Gasteiger partial charge < -0.3 is 5.32 Å². The minimum atomic E-state index is -0.916. The van der Waals surface area contributed by atoms with Gasteiger partial charge in [0.2, 0.25) is 5.91 Å². The molecule has 0 aliphatic carbocycles. The van der Waals surface area contributed by atoms with E-state index in [-0.39, 0.29) is 18.9 Å². The predicted molar refractivity (Wildman–Crippen MR) is 75.6 cm³/mol. The van der Waals surface area contributed by atoms with Gasteiger partial charge in [0.1, 0.15) is 0 Å². The van der Waals surface area contributed by atoms with Gasteiger partial charge in [0.15, 0.2) is 11.6 Å². The largest absolute Gasteiger partial charge is 0.352 e. The van der Waals surface area contributed by atoms with E-state index in [4.69, 9.17) is 0 Å². The molecule has 0 saturated carbocycles. The zero-order valence-corrected chi connectivity index (χ0v) is 11.5. The fraction of sp³-hybridized carbons (Fsp3) is 0.133. The fourth-order valence-corrected chi connectivity index (χ4v) is 1.86. The van der Waals surface area contributed by atoms with Gasteiger partial charge >= 0.3 is 0 Å². The molecule has 2 aromatic carbocycles. The van der Waals surface area contributed by atoms with Gasteiger partial charge in [-0.2, -0.15) is 0 Å². The van der Waals surface area contributed by atoms with E-state index in [1.165, 1.54) is 6.07 Å². The number of halogens is 2. The summed E-state index contributed by atoms with van der Waals surface area (Å²) in [7, 11) is 0. The minimum Gasteiger partial charge on any atom is -0.352 e. The van der Waals surface area contributed by atoms with Crippen LogP contribution in [0.15, 0.2) is 47.4 Å². The van der Waals surface area contributed by atoms with E-state index in [9.17, 15) is 13.6 Å². The van der Waals surface area contributed by atoms with Crippen molar-refractivity contribution in [2.24, 2.45) is 0 Å². The van der Waals surface area contributed by atoms with E-state index in [2.05, 4.69) is 17.9 Å². The van der Waals surface area contributed by atoms with Crippen molar-refractivity contribution in [2.45, 2.75) is 17.9 Å². The van der Waals surface area contributed by atoms with Crippen molar-refractivity contribution in [2.75, 3.05) is 0 Å². The molecule has 2 nitrogen and oxygen atoms in total. The second-order valence-electron chi connectivity index (χ2n) is 4.37. The maximum absolute atomic E-state index is 13.0. The number of rotatable bonds is 4. The molecular weight excluding hydrogens is 280 g/mol. The number of carbonyl (C=O) groups is 1. The first-order valence-corrected chi connectivity index (χ1v) is 6.48. The second-order valence-corrected chi connectivity index (χ2v) is 4.88. The Kier molecular flexibility index (Phi) is 4.74. The van der Waals surface area contributed by atoms with Crippen LogP contribution in [-0.2, 0) is 17.8 Å². The molecule has 0 heterocycles. The molecule has 0 saturated heterocycles. The molecule has 0 fully saturated rings. The highest BCUT2D eigenvalue weighted by atomic mass is 32.1. The Morgan fingerprint density at radius 1 is 1.00 bits per heavy atom. The highest BCUT2D eigenvalue weighted by Gasteiger charge is 2.05. The number of benzene rings is 2. The number of nitrogens with one attached hydrogen (secondary N) is 1. The lowest BCUT2D eigenvalue weighted by Gasteiger charge is -2.06. The summed E-state index contributed by atoms with van der Waals surface area (Å²) in [6, 6.07) is 10.8. The van der Waals surface area contributed by atoms with E-state index in [0.717, 1.165) is 22.6 Å². The van der Waals surface area contributed by atoms with Gasteiger partial charge in [-0.05, 0) is 35.4 Å². The molecule has 20 heavy (non-hydrogen) atoms. The van der Waals surface area contributed by atoms with Crippen molar-refractivity contribution < 1.29 is 13.6 Å². The first-order valence-electron chi connectivity index (χ1n) is 6.03. The van der Waals surface area contributed by atoms with Crippen LogP contribution in [-0.4, -0.2) is 5.91 Å². The van der Waals surface area contributed by atoms with Crippen LogP contribution in [0.4, 0.5) is 8.78 Å². The lowest BCUT2D eigenvalue weighted by molar-refractivity contribution is -0.120. The number of hydrogen-bond donors (Lipinski definition) is 2. The maximum Gasteiger partial charge on any atom is 0.224 e. The number of amides is 1. The van der Waals surface area contributed by atoms with Gasteiger partial charge in [-0.1, -0.05) is 18.2 Å². The summed E-state index contributed by atoms with van der Waals surface area (Å²) in [6.45, 7) is 0.167. The summed E-state index contributed by atoms with van der Waals surface area (Å²) in [5.41, 5.74) is 1.38. The molecule has 0 unspecified atom stereocenters. The Morgan fingerprint density at radius 3 is 2.30 bits per heavy atom. The third-order valence-electron chi connectivity index (χ3n) is 2.77. The molecule has 0 aliphatic heterocycles. The lowest BCUT2D eigenvalue weighted by Crippen LogP contribution is -2.24. The summed E-state index contributed by atoms with van der Waals surface area (Å²) in [4.78, 5) is 12.6. The van der Waals surface area contributed by atoms with Crippen LogP contribution in [0, 0.1) is 11.6 Å². The fourth-order valence-electron chi connectivity index (χ4n) is 1.71. The average molecular weight is 293 g/mol. The van der Waals surface area contributed by atoms with Gasteiger partial charge in [-0.3, -0.25) is 4.79 Å². The molecule has 0 aliphatic rings. The van der Waals surface area contributed by atoms with Gasteiger partial charge in [-0.15, -0.1) is 12.6 Å². The number of thiol groups is 1. The SMILES string of the molecule is O=C(Cc1ccc(S)cc1)NCc1ccc(F)c(F)c1. The number of carbonyl (C=O) groups excluding carboxylic acids is 1. The van der Waals surface area contributed by atoms with Crippen molar-refractivity contribution in [1.29, 1.82) is 0 Å². The molecule has 0 spiro atoms. The first-order chi connectivity index (χ1) is 9.54. The summed E-state index contributed by atoms with van der Waals surface area (Å²) in [5, 5.41) is 2.66. The third kappa shape index (κ3) is 4.06. The van der Waals surface area contributed by atoms with Crippen LogP contribution in [0.5, 0.6) is 0 Å². The molecular formula is C15H13F2NOS. The van der Waals surface area contributed by atoms with Crippen LogP contribution in [0.25, 0.3) is 0 Å². The lowest BCUT2D eigenvalue weighted by atomic mass is 10.1. The van der Waals surface area contributed by atoms with E-state index in [1.54, 1.807) is 12.1 Å². The van der Waals surface area contributed by atoms with Crippen LogP contribution in [0.3, 0.4) is 0 Å². The molecule has 104 valence electrons. The highest BCUT2D eigenvalue weighted by molar-refractivity contribution is 7.80. The molecule has 5 heteroatoms. The monoisotopic (exact) mass is 293 g/mol. The third-order valence-corrected chi connectivity index (χ3v) is 3.07. The minimum absolute atomic E-state index is 0.167. The smallest absolute Gasteiger partial charge is 0.224 e. The molecule has 1 amide bonds. The maximum atomic E-state index is 13.0. The summed E-state index contributed by atoms with van der Waals surface area (Å²) in [5.74, 6) is -1.99. The normalized spacial score (nSPS) is 10.3. The summed E-state index contributed by atoms with van der Waals surface area (Å²) < 4.78 is 25.7. The topological polar surface area (TPSA) is 29.1 Å². The van der Waals surface area contributed by atoms with E-state index < -0.39 is 11.6 Å². The number of hydrogen-bond acceptors (Lipinski definition) is 2. The molecule has 2 rings (SSSR count). The van der Waals surface area contributed by atoms with Crippen molar-refractivity contribution in [3.63, 3.8) is 0 Å². The summed E-state index contributed by atoms with van der Waals surface area (Å²) >= 11 is 4.16. The molecule has 2 aromatic rings. The van der Waals surface area contributed by atoms with Crippen LogP contribution in [0.2, 0.25) is 0 Å². The molecule has 0 atom stereocenters. The van der Waals surface area contributed by atoms with Gasteiger partial charge in [-0.25, -0.2) is 8.78 Å². The van der Waals surface area contributed by atoms with Gasteiger partial charge in [0.25, 0.3) is 0 Å². The van der Waals surface area contributed by atoms with Crippen molar-refractivity contribution in [3.05, 3.63) is 65.2 Å². The zero-order chi connectivity index (χ0) is 14.5. The zero-order valence-electron chi connectivity index (χ0n) is 10.6. The Hall–Kier alpha value is -1.88. The van der Waals surface area contributed by atoms with Crippen LogP contribution < -0.4 is 5.32 Å². The molecule has 0 bridgehead atoms. The van der Waals surface area contributed by atoms with Crippen LogP contribution >= 0.6 is 12.6 Å². The standard InChI is InChI=1S/C15H13F2NOS/c16-13-6-3-11(7-14(13)17)9-18-15(19)8-10-1-4-12(20)5-2-10/h1-7,20H,8-9H2,(H,18,19). The Labute approximate surface area is 121 Å². The quantitative estimate of drug-likeness (QED) is 0.833. The first kappa shape index (κ1) is 14.5. The van der Waals surface area contributed by atoms with Crippen molar-refractivity contribution in [1.82, 2.24) is 5.32 Å². The van der Waals surface area contributed by atoms with E-state index in [0.29, 0.717) is 5.56 Å². The van der Waals surface area contributed by atoms with E-state index in [1.807, 2.05) is 12.1 Å². The van der Waals surface area contributed by atoms with Gasteiger partial charge in [0.05, 0.1) is 6.42 Å². The average Bonchev–Trinajstić information content (AvgIpc) is 2.43. The van der Waals surface area contributed by atoms with Crippen molar-refractivity contribution in [3.8, 4) is 0 Å². The predicted octanol–water partition coefficient (Wildman–Crippen LogP) is 3.11. The van der Waals surface area contributed by atoms with Crippen LogP contribution in [0.1, 0.15) is 11.1 Å².